The number of nitrogens with one attached hydrogen (secondary N) is 1. The van der Waals surface area contributed by atoms with Gasteiger partial charge in [0.1, 0.15) is 4.83 Å². The van der Waals surface area contributed by atoms with Crippen molar-refractivity contribution < 1.29 is 4.79 Å². The van der Waals surface area contributed by atoms with E-state index in [4.69, 9.17) is 0 Å². The number of likely N-dealkylation sites (tertiary alicyclic amines) is 1. The number of aryl methyl sites for hydroxylation is 2. The van der Waals surface area contributed by atoms with Crippen molar-refractivity contribution in [2.45, 2.75) is 45.6 Å². The lowest BCUT2D eigenvalue weighted by molar-refractivity contribution is 0.0800. The second kappa shape index (κ2) is 6.24. The maximum absolute atomic E-state index is 12.5. The van der Waals surface area contributed by atoms with Gasteiger partial charge in [-0.05, 0) is 52.8 Å². The Morgan fingerprint density at radius 3 is 2.70 bits per heavy atom. The van der Waals surface area contributed by atoms with E-state index in [9.17, 15) is 4.79 Å². The zero-order valence-electron chi connectivity index (χ0n) is 14.5. The predicted octanol–water partition coefficient (Wildman–Crippen LogP) is 2.94. The molecule has 126 valence electrons. The van der Waals surface area contributed by atoms with Crippen LogP contribution in [0, 0.1) is 6.92 Å². The van der Waals surface area contributed by atoms with Gasteiger partial charge in [0, 0.05) is 24.5 Å². The molecule has 0 aliphatic carbocycles. The number of nitrogens with zero attached hydrogens (tertiary/aromatic N) is 3. The molecular weight excluding hydrogens is 308 g/mol. The van der Waals surface area contributed by atoms with Crippen LogP contribution in [0.5, 0.6) is 0 Å². The van der Waals surface area contributed by atoms with Crippen molar-refractivity contribution >= 4 is 27.5 Å². The van der Waals surface area contributed by atoms with Crippen LogP contribution < -0.4 is 5.32 Å². The zero-order chi connectivity index (χ0) is 16.6. The second-order valence-electron chi connectivity index (χ2n) is 7.08. The smallest absolute Gasteiger partial charge is 0.261 e. The first-order chi connectivity index (χ1) is 10.9. The Kier molecular flexibility index (Phi) is 4.47. The van der Waals surface area contributed by atoms with Crippen molar-refractivity contribution in [3.63, 3.8) is 0 Å². The molecule has 0 aromatic carbocycles. The molecule has 1 N–H and O–H groups in total. The van der Waals surface area contributed by atoms with Crippen molar-refractivity contribution in [2.24, 2.45) is 7.05 Å². The molecule has 6 heteroatoms. The van der Waals surface area contributed by atoms with Gasteiger partial charge in [-0.1, -0.05) is 6.42 Å². The maximum atomic E-state index is 12.5. The summed E-state index contributed by atoms with van der Waals surface area (Å²) in [6.45, 7) is 9.37. The van der Waals surface area contributed by atoms with Crippen LogP contribution in [-0.2, 0) is 7.05 Å². The number of thiophene rings is 1. The van der Waals surface area contributed by atoms with Crippen molar-refractivity contribution in [2.75, 3.05) is 19.6 Å². The lowest BCUT2D eigenvalue weighted by Gasteiger charge is -2.41. The number of amides is 1. The summed E-state index contributed by atoms with van der Waals surface area (Å²) in [6, 6.07) is 1.96. The third-order valence-electron chi connectivity index (χ3n) is 4.81. The first-order valence-electron chi connectivity index (χ1n) is 8.35. The molecule has 0 atom stereocenters. The average molecular weight is 334 g/mol. The van der Waals surface area contributed by atoms with Gasteiger partial charge in [0.2, 0.25) is 0 Å². The molecule has 0 spiro atoms. The molecule has 3 rings (SSSR count). The SMILES string of the molecule is Cc1nn(C)c2sc(C(=O)NCC(C)(C)N3CCCCC3)cc12. The summed E-state index contributed by atoms with van der Waals surface area (Å²) in [4.78, 5) is 16.8. The van der Waals surface area contributed by atoms with Crippen LogP contribution in [0.1, 0.15) is 48.5 Å². The highest BCUT2D eigenvalue weighted by Crippen LogP contribution is 2.27. The molecule has 1 amide bonds. The van der Waals surface area contributed by atoms with Gasteiger partial charge in [0.05, 0.1) is 10.6 Å². The fourth-order valence-electron chi connectivity index (χ4n) is 3.31. The van der Waals surface area contributed by atoms with Gasteiger partial charge in [0.15, 0.2) is 0 Å². The van der Waals surface area contributed by atoms with Crippen LogP contribution in [0.3, 0.4) is 0 Å². The van der Waals surface area contributed by atoms with Gasteiger partial charge in [-0.15, -0.1) is 11.3 Å². The monoisotopic (exact) mass is 334 g/mol. The molecule has 0 bridgehead atoms. The number of carbonyl (C=O) groups is 1. The summed E-state index contributed by atoms with van der Waals surface area (Å²) in [5.41, 5.74) is 0.982. The first kappa shape index (κ1) is 16.5. The Hall–Kier alpha value is -1.40. The Morgan fingerprint density at radius 2 is 2.04 bits per heavy atom. The molecule has 1 fully saturated rings. The molecule has 2 aromatic heterocycles. The third kappa shape index (κ3) is 3.28. The summed E-state index contributed by atoms with van der Waals surface area (Å²) in [7, 11) is 1.92. The number of rotatable bonds is 4. The normalized spacial score (nSPS) is 16.9. The molecule has 1 aliphatic heterocycles. The van der Waals surface area contributed by atoms with Crippen LogP contribution >= 0.6 is 11.3 Å². The number of fused-ring (bicyclic) bond motifs is 1. The summed E-state index contributed by atoms with van der Waals surface area (Å²) >= 11 is 1.51. The lowest BCUT2D eigenvalue weighted by Crippen LogP contribution is -2.53. The van der Waals surface area contributed by atoms with Gasteiger partial charge in [-0.25, -0.2) is 0 Å². The topological polar surface area (TPSA) is 50.2 Å². The number of piperidine rings is 1. The van der Waals surface area contributed by atoms with Gasteiger partial charge < -0.3 is 5.32 Å². The van der Waals surface area contributed by atoms with E-state index in [0.717, 1.165) is 33.9 Å². The van der Waals surface area contributed by atoms with Gasteiger partial charge in [-0.3, -0.25) is 14.4 Å². The van der Waals surface area contributed by atoms with Crippen molar-refractivity contribution in [1.29, 1.82) is 0 Å². The number of hydrogen-bond donors (Lipinski definition) is 1. The first-order valence-corrected chi connectivity index (χ1v) is 9.16. The van der Waals surface area contributed by atoms with E-state index in [2.05, 4.69) is 29.2 Å². The molecule has 0 saturated carbocycles. The maximum Gasteiger partial charge on any atom is 0.261 e. The van der Waals surface area contributed by atoms with E-state index < -0.39 is 0 Å². The predicted molar refractivity (Wildman–Crippen MR) is 95.2 cm³/mol. The fourth-order valence-corrected chi connectivity index (χ4v) is 4.35. The van der Waals surface area contributed by atoms with Gasteiger partial charge in [0.25, 0.3) is 5.91 Å². The summed E-state index contributed by atoms with van der Waals surface area (Å²) in [5.74, 6) is 0.0238. The van der Waals surface area contributed by atoms with E-state index in [1.54, 1.807) is 0 Å². The van der Waals surface area contributed by atoms with Gasteiger partial charge >= 0.3 is 0 Å². The average Bonchev–Trinajstić information content (AvgIpc) is 3.08. The van der Waals surface area contributed by atoms with E-state index in [1.165, 1.54) is 30.6 Å². The van der Waals surface area contributed by atoms with Crippen LogP contribution in [0.15, 0.2) is 6.07 Å². The number of aromatic nitrogens is 2. The molecular formula is C17H26N4OS. The van der Waals surface area contributed by atoms with Gasteiger partial charge in [-0.2, -0.15) is 5.10 Å². The van der Waals surface area contributed by atoms with Crippen LogP contribution in [0.25, 0.3) is 10.2 Å². The van der Waals surface area contributed by atoms with Crippen LogP contribution in [-0.4, -0.2) is 45.8 Å². The van der Waals surface area contributed by atoms with Crippen LogP contribution in [0.4, 0.5) is 0 Å². The second-order valence-corrected chi connectivity index (χ2v) is 8.11. The van der Waals surface area contributed by atoms with E-state index in [0.29, 0.717) is 6.54 Å². The minimum absolute atomic E-state index is 0.00420. The molecule has 1 aliphatic rings. The fraction of sp³-hybridized carbons (Fsp3) is 0.647. The lowest BCUT2D eigenvalue weighted by atomic mass is 9.98. The molecule has 3 heterocycles. The summed E-state index contributed by atoms with van der Waals surface area (Å²) in [5, 5.41) is 8.59. The van der Waals surface area contributed by atoms with Crippen molar-refractivity contribution in [3.05, 3.63) is 16.6 Å². The molecule has 23 heavy (non-hydrogen) atoms. The Balaban J connectivity index is 1.67. The molecule has 0 unspecified atom stereocenters. The largest absolute Gasteiger partial charge is 0.349 e. The van der Waals surface area contributed by atoms with Crippen LogP contribution in [0.2, 0.25) is 0 Å². The van der Waals surface area contributed by atoms with E-state index in [1.807, 2.05) is 24.7 Å². The summed E-state index contributed by atoms with van der Waals surface area (Å²) < 4.78 is 1.85. The third-order valence-corrected chi connectivity index (χ3v) is 6.01. The highest BCUT2D eigenvalue weighted by atomic mass is 32.1. The minimum Gasteiger partial charge on any atom is -0.349 e. The summed E-state index contributed by atoms with van der Waals surface area (Å²) in [6.07, 6.45) is 3.86. The Labute approximate surface area is 141 Å². The Morgan fingerprint density at radius 1 is 1.35 bits per heavy atom. The molecule has 2 aromatic rings. The standard InChI is InChI=1S/C17H26N4OS/c1-12-13-10-14(23-16(13)20(4)19-12)15(22)18-11-17(2,3)21-8-6-5-7-9-21/h10H,5-9,11H2,1-4H3,(H,18,22). The van der Waals surface area contributed by atoms with Crippen molar-refractivity contribution in [1.82, 2.24) is 20.0 Å². The zero-order valence-corrected chi connectivity index (χ0v) is 15.3. The molecule has 0 radical (unpaired) electrons. The number of hydrogen-bond acceptors (Lipinski definition) is 4. The number of carbonyl (C=O) groups excluding carboxylic acids is 1. The van der Waals surface area contributed by atoms with E-state index in [-0.39, 0.29) is 11.4 Å². The van der Waals surface area contributed by atoms with Crippen molar-refractivity contribution in [3.8, 4) is 0 Å². The highest BCUT2D eigenvalue weighted by Gasteiger charge is 2.28. The highest BCUT2D eigenvalue weighted by molar-refractivity contribution is 7.20. The quantitative estimate of drug-likeness (QED) is 0.935. The minimum atomic E-state index is 0.00420. The molecule has 1 saturated heterocycles. The molecule has 5 nitrogen and oxygen atoms in total. The van der Waals surface area contributed by atoms with E-state index >= 15 is 0 Å². The Bertz CT molecular complexity index is 675.